The van der Waals surface area contributed by atoms with E-state index in [2.05, 4.69) is 21.3 Å². The van der Waals surface area contributed by atoms with Crippen molar-refractivity contribution in [2.75, 3.05) is 48.8 Å². The average molecular weight is 606 g/mol. The van der Waals surface area contributed by atoms with Crippen molar-refractivity contribution in [2.45, 2.75) is 6.42 Å². The summed E-state index contributed by atoms with van der Waals surface area (Å²) in [6, 6.07) is 4.56. The van der Waals surface area contributed by atoms with E-state index in [1.54, 1.807) is 53.4 Å². The molecule has 0 radical (unpaired) electrons. The Bertz CT molecular complexity index is 1420. The highest BCUT2D eigenvalue weighted by molar-refractivity contribution is 6.07. The quantitative estimate of drug-likeness (QED) is 0.0791. The lowest BCUT2D eigenvalue weighted by Gasteiger charge is -2.23. The van der Waals surface area contributed by atoms with Crippen molar-refractivity contribution in [2.24, 2.45) is 21.1 Å². The lowest BCUT2D eigenvalue weighted by molar-refractivity contribution is -0.105. The number of nitrogens with zero attached hydrogens (tertiary/aromatic N) is 4. The molecule has 0 saturated heterocycles. The van der Waals surface area contributed by atoms with Crippen LogP contribution in [-0.4, -0.2) is 91.6 Å². The van der Waals surface area contributed by atoms with Gasteiger partial charge < -0.3 is 50.1 Å². The van der Waals surface area contributed by atoms with Gasteiger partial charge in [0.05, 0.1) is 36.1 Å². The monoisotopic (exact) mass is 605 g/mol. The normalized spacial score (nSPS) is 10.4. The summed E-state index contributed by atoms with van der Waals surface area (Å²) in [6.07, 6.45) is 5.51. The molecule has 3 aromatic rings. The SMILES string of the molecule is Cl.Cn1cc(NC(=O)c2cc(NC(=O)c3cc(NC=O)cn3C)cn2C)cc1C(=O)NCCC(=N)N(CCO)CCO. The molecule has 15 nitrogen and oxygen atoms in total. The number of amidine groups is 1. The first kappa shape index (κ1) is 33.6. The molecule has 3 rings (SSSR count). The number of aliphatic hydroxyl groups is 2. The first-order valence-electron chi connectivity index (χ1n) is 12.7. The molecule has 3 aromatic heterocycles. The number of carbonyl (C=O) groups is 4. The van der Waals surface area contributed by atoms with Crippen molar-refractivity contribution in [1.82, 2.24) is 23.9 Å². The molecule has 3 heterocycles. The van der Waals surface area contributed by atoms with Crippen LogP contribution in [0.4, 0.5) is 17.1 Å². The van der Waals surface area contributed by atoms with E-state index in [1.165, 1.54) is 23.1 Å². The van der Waals surface area contributed by atoms with E-state index >= 15 is 0 Å². The number of hydrogen-bond donors (Lipinski definition) is 7. The number of carbonyl (C=O) groups excluding carboxylic acids is 4. The molecule has 0 aromatic carbocycles. The van der Waals surface area contributed by atoms with Gasteiger partial charge in [0.1, 0.15) is 17.1 Å². The molecular formula is C26H36ClN9O6. The van der Waals surface area contributed by atoms with Crippen molar-refractivity contribution >= 4 is 59.4 Å². The van der Waals surface area contributed by atoms with Crippen molar-refractivity contribution < 1.29 is 29.4 Å². The Kier molecular flexibility index (Phi) is 12.3. The lowest BCUT2D eigenvalue weighted by atomic mass is 10.3. The van der Waals surface area contributed by atoms with E-state index in [0.29, 0.717) is 34.9 Å². The molecule has 4 amide bonds. The van der Waals surface area contributed by atoms with Crippen molar-refractivity contribution in [3.63, 3.8) is 0 Å². The van der Waals surface area contributed by atoms with E-state index in [0.717, 1.165) is 0 Å². The van der Waals surface area contributed by atoms with Gasteiger partial charge in [0.2, 0.25) is 6.41 Å². The molecule has 0 fully saturated rings. The summed E-state index contributed by atoms with van der Waals surface area (Å²) in [5, 5.41) is 37.0. The maximum atomic E-state index is 13.0. The minimum atomic E-state index is -0.455. The fraction of sp³-hybridized carbons (Fsp3) is 0.346. The van der Waals surface area contributed by atoms with Gasteiger partial charge in [0, 0.05) is 65.8 Å². The number of rotatable bonds is 14. The molecule has 7 N–H and O–H groups in total. The zero-order chi connectivity index (χ0) is 30.1. The Morgan fingerprint density at radius 3 is 1.69 bits per heavy atom. The first-order chi connectivity index (χ1) is 19.6. The predicted molar refractivity (Wildman–Crippen MR) is 160 cm³/mol. The van der Waals surface area contributed by atoms with Crippen LogP contribution in [0.1, 0.15) is 37.9 Å². The number of anilines is 3. The number of hydrogen-bond acceptors (Lipinski definition) is 7. The summed E-state index contributed by atoms with van der Waals surface area (Å²) in [5.74, 6) is -1.09. The molecule has 0 aliphatic rings. The molecule has 0 bridgehead atoms. The third kappa shape index (κ3) is 8.45. The van der Waals surface area contributed by atoms with Crippen LogP contribution in [0.5, 0.6) is 0 Å². The van der Waals surface area contributed by atoms with Crippen molar-refractivity contribution in [3.8, 4) is 0 Å². The van der Waals surface area contributed by atoms with Crippen LogP contribution in [0.25, 0.3) is 0 Å². The number of aryl methyl sites for hydroxylation is 3. The second kappa shape index (κ2) is 15.4. The maximum Gasteiger partial charge on any atom is 0.272 e. The van der Waals surface area contributed by atoms with Crippen molar-refractivity contribution in [1.29, 1.82) is 5.41 Å². The third-order valence-corrected chi connectivity index (χ3v) is 6.22. The zero-order valence-electron chi connectivity index (χ0n) is 23.5. The van der Waals surface area contributed by atoms with E-state index in [1.807, 2.05) is 0 Å². The summed E-state index contributed by atoms with van der Waals surface area (Å²) in [6.45, 7) is 0.309. The van der Waals surface area contributed by atoms with Gasteiger partial charge in [0.15, 0.2) is 0 Å². The fourth-order valence-electron chi connectivity index (χ4n) is 4.21. The smallest absolute Gasteiger partial charge is 0.272 e. The number of nitrogens with one attached hydrogen (secondary N) is 5. The molecule has 0 spiro atoms. The molecule has 0 aliphatic heterocycles. The zero-order valence-corrected chi connectivity index (χ0v) is 24.3. The van der Waals surface area contributed by atoms with Gasteiger partial charge in [-0.15, -0.1) is 12.4 Å². The Hall–Kier alpha value is -4.60. The number of aromatic nitrogens is 3. The van der Waals surface area contributed by atoms with Crippen LogP contribution < -0.4 is 21.3 Å². The molecule has 0 unspecified atom stereocenters. The summed E-state index contributed by atoms with van der Waals surface area (Å²) in [4.78, 5) is 50.6. The minimum Gasteiger partial charge on any atom is -0.395 e. The molecule has 16 heteroatoms. The Morgan fingerprint density at radius 2 is 1.24 bits per heavy atom. The van der Waals surface area contributed by atoms with E-state index in [4.69, 9.17) is 15.6 Å². The number of halogens is 1. The molecule has 0 atom stereocenters. The van der Waals surface area contributed by atoms with E-state index in [9.17, 15) is 19.2 Å². The van der Waals surface area contributed by atoms with Gasteiger partial charge in [0.25, 0.3) is 17.7 Å². The molecule has 0 saturated carbocycles. The van der Waals surface area contributed by atoms with Crippen LogP contribution in [0.2, 0.25) is 0 Å². The first-order valence-corrected chi connectivity index (χ1v) is 12.7. The van der Waals surface area contributed by atoms with Gasteiger partial charge in [-0.05, 0) is 18.2 Å². The molecular weight excluding hydrogens is 570 g/mol. The number of aliphatic hydroxyl groups excluding tert-OH is 2. The Labute approximate surface area is 248 Å². The van der Waals surface area contributed by atoms with Gasteiger partial charge in [-0.25, -0.2) is 0 Å². The summed E-state index contributed by atoms with van der Waals surface area (Å²) in [5.41, 5.74) is 2.12. The standard InChI is InChI=1S/C26H35N9O6.ClH/c1-32-13-17(29-16-38)10-21(32)25(40)31-19-12-22(34(3)15-19)26(41)30-18-11-20(33(2)14-18)24(39)28-5-4-23(27)35(6-8-36)7-9-37;/h10-16,27,36-37H,4-9H2,1-3H3,(H,28,39)(H,29,38)(H,30,41)(H,31,40);1H. The lowest BCUT2D eigenvalue weighted by Crippen LogP contribution is -2.37. The Balaban J connectivity index is 0.00000616. The minimum absolute atomic E-state index is 0. The fourth-order valence-corrected chi connectivity index (χ4v) is 4.21. The van der Waals surface area contributed by atoms with Crippen molar-refractivity contribution in [3.05, 3.63) is 53.9 Å². The largest absolute Gasteiger partial charge is 0.395 e. The van der Waals surface area contributed by atoms with E-state index < -0.39 is 17.7 Å². The average Bonchev–Trinajstić information content (AvgIpc) is 3.59. The Morgan fingerprint density at radius 1 is 0.810 bits per heavy atom. The second-order valence-electron chi connectivity index (χ2n) is 9.23. The van der Waals surface area contributed by atoms with Crippen LogP contribution in [0, 0.1) is 5.41 Å². The number of amides is 4. The van der Waals surface area contributed by atoms with E-state index in [-0.39, 0.29) is 63.2 Å². The molecule has 0 aliphatic carbocycles. The van der Waals surface area contributed by atoms with Crippen LogP contribution in [-0.2, 0) is 25.9 Å². The second-order valence-corrected chi connectivity index (χ2v) is 9.23. The highest BCUT2D eigenvalue weighted by Crippen LogP contribution is 2.19. The van der Waals surface area contributed by atoms with Gasteiger partial charge in [-0.1, -0.05) is 0 Å². The highest BCUT2D eigenvalue weighted by atomic mass is 35.5. The maximum absolute atomic E-state index is 13.0. The summed E-state index contributed by atoms with van der Waals surface area (Å²) >= 11 is 0. The van der Waals surface area contributed by atoms with Gasteiger partial charge in [-0.3, -0.25) is 24.6 Å². The van der Waals surface area contributed by atoms with Crippen LogP contribution in [0.15, 0.2) is 36.8 Å². The van der Waals surface area contributed by atoms with Crippen LogP contribution in [0.3, 0.4) is 0 Å². The topological polar surface area (TPSA) is 199 Å². The van der Waals surface area contributed by atoms with Gasteiger partial charge in [-0.2, -0.15) is 0 Å². The summed E-state index contributed by atoms with van der Waals surface area (Å²) < 4.78 is 4.68. The van der Waals surface area contributed by atoms with Gasteiger partial charge >= 0.3 is 0 Å². The van der Waals surface area contributed by atoms with Crippen LogP contribution >= 0.6 is 12.4 Å². The third-order valence-electron chi connectivity index (χ3n) is 6.22. The highest BCUT2D eigenvalue weighted by Gasteiger charge is 2.19. The molecule has 42 heavy (non-hydrogen) atoms. The predicted octanol–water partition coefficient (Wildman–Crippen LogP) is 0.581. The summed E-state index contributed by atoms with van der Waals surface area (Å²) in [7, 11) is 4.98. The molecule has 228 valence electrons.